The molecule has 1 fully saturated rings. The summed E-state index contributed by atoms with van der Waals surface area (Å²) in [7, 11) is 0. The maximum atomic E-state index is 12.3. The van der Waals surface area contributed by atoms with Gasteiger partial charge in [-0.25, -0.2) is 0 Å². The molecule has 0 bridgehead atoms. The van der Waals surface area contributed by atoms with E-state index in [1.165, 1.54) is 44.1 Å². The van der Waals surface area contributed by atoms with Gasteiger partial charge in [0.25, 0.3) is 5.76 Å². The summed E-state index contributed by atoms with van der Waals surface area (Å²) in [6.07, 6.45) is 8.01. The van der Waals surface area contributed by atoms with Crippen molar-refractivity contribution in [2.24, 2.45) is 5.92 Å². The number of hydrogen-bond acceptors (Lipinski definition) is 1. The van der Waals surface area contributed by atoms with Gasteiger partial charge in [0.1, 0.15) is 0 Å². The number of benzene rings is 2. The molecule has 0 radical (unpaired) electrons. The predicted octanol–water partition coefficient (Wildman–Crippen LogP) is 7.48. The van der Waals surface area contributed by atoms with Crippen molar-refractivity contribution >= 4 is 11.8 Å². The maximum absolute atomic E-state index is 12.3. The Morgan fingerprint density at radius 2 is 1.44 bits per heavy atom. The van der Waals surface area contributed by atoms with Gasteiger partial charge in [-0.2, -0.15) is 8.78 Å². The fraction of sp³-hybridized carbons (Fsp3) is 0.417. The minimum absolute atomic E-state index is 0.558. The van der Waals surface area contributed by atoms with Gasteiger partial charge in [0.15, 0.2) is 0 Å². The van der Waals surface area contributed by atoms with Gasteiger partial charge in [-0.15, -0.1) is 0 Å². The molecule has 0 N–H and O–H groups in total. The Morgan fingerprint density at radius 3 is 1.96 bits per heavy atom. The van der Waals surface area contributed by atoms with Gasteiger partial charge < -0.3 is 0 Å². The van der Waals surface area contributed by atoms with Crippen molar-refractivity contribution in [1.29, 1.82) is 0 Å². The van der Waals surface area contributed by atoms with E-state index in [-0.39, 0.29) is 0 Å². The van der Waals surface area contributed by atoms with Crippen LogP contribution in [-0.2, 0) is 0 Å². The van der Waals surface area contributed by atoms with Crippen molar-refractivity contribution in [1.82, 2.24) is 0 Å². The molecule has 0 aliphatic heterocycles. The zero-order chi connectivity index (χ0) is 19.1. The topological polar surface area (TPSA) is 0 Å². The average molecular weight is 385 g/mol. The molecule has 2 aromatic rings. The van der Waals surface area contributed by atoms with Crippen LogP contribution < -0.4 is 0 Å². The first kappa shape index (κ1) is 20.0. The summed E-state index contributed by atoms with van der Waals surface area (Å²) in [5.41, 5.74) is 3.26. The molecular formula is C24H26F2S. The third kappa shape index (κ3) is 6.11. The van der Waals surface area contributed by atoms with Gasteiger partial charge in [-0.1, -0.05) is 55.5 Å². The van der Waals surface area contributed by atoms with Crippen LogP contribution in [-0.4, -0.2) is 5.76 Å². The predicted molar refractivity (Wildman–Crippen MR) is 110 cm³/mol. The molecule has 0 heterocycles. The minimum Gasteiger partial charge on any atom is -0.198 e. The summed E-state index contributed by atoms with van der Waals surface area (Å²) in [5.74, 6) is 5.52. The summed E-state index contributed by atoms with van der Waals surface area (Å²) >= 11 is 0.558. The van der Waals surface area contributed by atoms with Crippen LogP contribution in [0.15, 0.2) is 53.4 Å². The quantitative estimate of drug-likeness (QED) is 0.380. The Labute approximate surface area is 165 Å². The molecule has 0 unspecified atom stereocenters. The molecule has 0 atom stereocenters. The zero-order valence-electron chi connectivity index (χ0n) is 15.8. The molecule has 1 saturated carbocycles. The van der Waals surface area contributed by atoms with Crippen LogP contribution in [0.2, 0.25) is 0 Å². The third-order valence-electron chi connectivity index (χ3n) is 5.36. The highest BCUT2D eigenvalue weighted by Crippen LogP contribution is 2.37. The zero-order valence-corrected chi connectivity index (χ0v) is 16.6. The van der Waals surface area contributed by atoms with Gasteiger partial charge in [-0.3, -0.25) is 0 Å². The second kappa shape index (κ2) is 9.95. The van der Waals surface area contributed by atoms with E-state index < -0.39 is 5.76 Å². The van der Waals surface area contributed by atoms with Crippen LogP contribution in [0.3, 0.4) is 0 Å². The van der Waals surface area contributed by atoms with Crippen molar-refractivity contribution in [2.45, 2.75) is 62.0 Å². The van der Waals surface area contributed by atoms with Gasteiger partial charge in [0, 0.05) is 16.0 Å². The van der Waals surface area contributed by atoms with E-state index in [2.05, 4.69) is 43.0 Å². The van der Waals surface area contributed by atoms with Crippen LogP contribution in [0.5, 0.6) is 0 Å². The second-order valence-electron chi connectivity index (χ2n) is 7.28. The lowest BCUT2D eigenvalue weighted by Gasteiger charge is -2.28. The average Bonchev–Trinajstić information content (AvgIpc) is 2.68. The lowest BCUT2D eigenvalue weighted by atomic mass is 9.77. The summed E-state index contributed by atoms with van der Waals surface area (Å²) in [6.45, 7) is 2.28. The first-order valence-corrected chi connectivity index (χ1v) is 10.7. The van der Waals surface area contributed by atoms with Crippen molar-refractivity contribution in [3.8, 4) is 11.8 Å². The van der Waals surface area contributed by atoms with E-state index in [1.807, 2.05) is 0 Å². The van der Waals surface area contributed by atoms with Crippen molar-refractivity contribution in [3.05, 3.63) is 65.2 Å². The molecule has 0 saturated heterocycles. The van der Waals surface area contributed by atoms with Crippen LogP contribution >= 0.6 is 11.8 Å². The first-order valence-electron chi connectivity index (χ1n) is 9.81. The summed E-state index contributed by atoms with van der Waals surface area (Å²) in [4.78, 5) is 0.563. The Morgan fingerprint density at radius 1 is 0.889 bits per heavy atom. The smallest absolute Gasteiger partial charge is 0.198 e. The lowest BCUT2D eigenvalue weighted by molar-refractivity contribution is 0.252. The largest absolute Gasteiger partial charge is 0.288 e. The fourth-order valence-electron chi connectivity index (χ4n) is 3.90. The monoisotopic (exact) mass is 384 g/mol. The molecule has 27 heavy (non-hydrogen) atoms. The molecule has 0 aromatic heterocycles. The van der Waals surface area contributed by atoms with Crippen LogP contribution in [0, 0.1) is 17.8 Å². The van der Waals surface area contributed by atoms with Crippen LogP contribution in [0.1, 0.15) is 68.1 Å². The summed E-state index contributed by atoms with van der Waals surface area (Å²) < 4.78 is 24.7. The van der Waals surface area contributed by atoms with Crippen molar-refractivity contribution in [2.75, 3.05) is 0 Å². The number of alkyl halides is 2. The molecule has 142 valence electrons. The van der Waals surface area contributed by atoms with Gasteiger partial charge in [0.2, 0.25) is 0 Å². The molecule has 1 aliphatic carbocycles. The molecular weight excluding hydrogens is 358 g/mol. The maximum Gasteiger partial charge on any atom is 0.288 e. The highest BCUT2D eigenvalue weighted by Gasteiger charge is 2.21. The first-order chi connectivity index (χ1) is 13.1. The lowest BCUT2D eigenvalue weighted by Crippen LogP contribution is -2.13. The molecule has 1 aliphatic rings. The SMILES string of the molecule is CCC[C@H]1CC[C@H](c2ccc(C#Cc3ccc(SC(F)F)cc3)cc2)CC1. The standard InChI is InChI=1S/C24H26F2S/c1-2-3-18-6-12-21(13-7-18)22-14-8-19(9-15-22)4-5-20-10-16-23(17-11-20)27-24(25)26/h8-11,14-18,21,24H,2-3,6-7,12-13H2,1H3/t18-,21-. The Balaban J connectivity index is 1.58. The van der Waals surface area contributed by atoms with E-state index in [1.54, 1.807) is 24.3 Å². The second-order valence-corrected chi connectivity index (χ2v) is 8.34. The van der Waals surface area contributed by atoms with Crippen molar-refractivity contribution in [3.63, 3.8) is 0 Å². The normalized spacial score (nSPS) is 19.6. The Kier molecular flexibility index (Phi) is 7.35. The summed E-state index contributed by atoms with van der Waals surface area (Å²) in [5, 5.41) is 0. The molecule has 0 nitrogen and oxygen atoms in total. The van der Waals surface area contributed by atoms with Gasteiger partial charge >= 0.3 is 0 Å². The fourth-order valence-corrected chi connectivity index (χ4v) is 4.39. The third-order valence-corrected chi connectivity index (χ3v) is 6.08. The molecule has 2 aromatic carbocycles. The van der Waals surface area contributed by atoms with E-state index in [9.17, 15) is 8.78 Å². The molecule has 3 heteroatoms. The van der Waals surface area contributed by atoms with Crippen LogP contribution in [0.25, 0.3) is 0 Å². The van der Waals surface area contributed by atoms with E-state index in [0.29, 0.717) is 22.6 Å². The minimum atomic E-state index is -2.39. The van der Waals surface area contributed by atoms with Gasteiger partial charge in [0.05, 0.1) is 0 Å². The van der Waals surface area contributed by atoms with Crippen molar-refractivity contribution < 1.29 is 8.78 Å². The number of rotatable bonds is 5. The highest BCUT2D eigenvalue weighted by atomic mass is 32.2. The molecule has 3 rings (SSSR count). The molecule has 0 spiro atoms. The Bertz CT molecular complexity index is 761. The Hall–Kier alpha value is -1.79. The van der Waals surface area contributed by atoms with E-state index in [4.69, 9.17) is 0 Å². The van der Waals surface area contributed by atoms with E-state index in [0.717, 1.165) is 17.0 Å². The van der Waals surface area contributed by atoms with Gasteiger partial charge in [-0.05, 0) is 79.5 Å². The molecule has 0 amide bonds. The van der Waals surface area contributed by atoms with Crippen LogP contribution in [0.4, 0.5) is 8.78 Å². The number of halogens is 2. The highest BCUT2D eigenvalue weighted by molar-refractivity contribution is 7.99. The summed E-state index contributed by atoms with van der Waals surface area (Å²) in [6, 6.07) is 15.6. The number of thioether (sulfide) groups is 1. The van der Waals surface area contributed by atoms with E-state index >= 15 is 0 Å². The number of hydrogen-bond donors (Lipinski definition) is 0.